The number of hydrogen-bond acceptors (Lipinski definition) is 3. The molecule has 1 N–H and O–H groups in total. The molecule has 1 saturated heterocycles. The molecule has 0 amide bonds. The Kier molecular flexibility index (Phi) is 4.47. The van der Waals surface area contributed by atoms with Crippen LogP contribution in [-0.2, 0) is 13.1 Å². The minimum atomic E-state index is 0.745. The van der Waals surface area contributed by atoms with Crippen molar-refractivity contribution < 1.29 is 4.42 Å². The van der Waals surface area contributed by atoms with Crippen molar-refractivity contribution in [3.8, 4) is 0 Å². The Morgan fingerprint density at radius 2 is 2.00 bits per heavy atom. The van der Waals surface area contributed by atoms with Crippen LogP contribution in [0.5, 0.6) is 0 Å². The zero-order valence-electron chi connectivity index (χ0n) is 12.9. The first kappa shape index (κ1) is 14.2. The quantitative estimate of drug-likeness (QED) is 0.863. The standard InChI is InChI=1S/C17H28N2O/c1-13(2)14-5-8-19(9-6-14)12-15-7-10-20-17(15)11-18-16-3-4-16/h7,10,13-14,16,18H,3-6,8-9,11-12H2,1-2H3. The van der Waals surface area contributed by atoms with E-state index in [4.69, 9.17) is 4.42 Å². The van der Waals surface area contributed by atoms with E-state index in [-0.39, 0.29) is 0 Å². The van der Waals surface area contributed by atoms with E-state index >= 15 is 0 Å². The molecule has 3 rings (SSSR count). The molecule has 1 aromatic heterocycles. The molecular weight excluding hydrogens is 248 g/mol. The highest BCUT2D eigenvalue weighted by atomic mass is 16.3. The van der Waals surface area contributed by atoms with Crippen LogP contribution in [0.2, 0.25) is 0 Å². The molecule has 0 spiro atoms. The summed E-state index contributed by atoms with van der Waals surface area (Å²) >= 11 is 0. The van der Waals surface area contributed by atoms with Gasteiger partial charge in [0.05, 0.1) is 12.8 Å². The number of hydrogen-bond donors (Lipinski definition) is 1. The molecule has 0 unspecified atom stereocenters. The molecule has 1 saturated carbocycles. The third-order valence-corrected chi connectivity index (χ3v) is 4.94. The molecule has 2 fully saturated rings. The minimum absolute atomic E-state index is 0.745. The van der Waals surface area contributed by atoms with Crippen molar-refractivity contribution in [3.05, 3.63) is 23.7 Å². The van der Waals surface area contributed by atoms with Crippen LogP contribution in [0.4, 0.5) is 0 Å². The smallest absolute Gasteiger partial charge is 0.122 e. The zero-order chi connectivity index (χ0) is 13.9. The van der Waals surface area contributed by atoms with Crippen molar-refractivity contribution >= 4 is 0 Å². The number of nitrogens with zero attached hydrogens (tertiary/aromatic N) is 1. The van der Waals surface area contributed by atoms with E-state index in [9.17, 15) is 0 Å². The molecule has 3 nitrogen and oxygen atoms in total. The van der Waals surface area contributed by atoms with Gasteiger partial charge in [0.2, 0.25) is 0 Å². The molecule has 2 heterocycles. The fourth-order valence-corrected chi connectivity index (χ4v) is 3.21. The van der Waals surface area contributed by atoms with Crippen molar-refractivity contribution in [1.82, 2.24) is 10.2 Å². The van der Waals surface area contributed by atoms with Gasteiger partial charge in [-0.2, -0.15) is 0 Å². The van der Waals surface area contributed by atoms with Gasteiger partial charge in [-0.15, -0.1) is 0 Å². The summed E-state index contributed by atoms with van der Waals surface area (Å²) in [6.45, 7) is 9.15. The second-order valence-electron chi connectivity index (χ2n) is 6.88. The number of likely N-dealkylation sites (tertiary alicyclic amines) is 1. The zero-order valence-corrected chi connectivity index (χ0v) is 12.9. The van der Waals surface area contributed by atoms with E-state index < -0.39 is 0 Å². The van der Waals surface area contributed by atoms with Crippen LogP contribution in [0.1, 0.15) is 50.9 Å². The molecule has 1 aliphatic carbocycles. The van der Waals surface area contributed by atoms with Crippen LogP contribution in [0.25, 0.3) is 0 Å². The summed E-state index contributed by atoms with van der Waals surface area (Å²) in [5, 5.41) is 3.55. The van der Waals surface area contributed by atoms with Crippen LogP contribution in [0, 0.1) is 11.8 Å². The highest BCUT2D eigenvalue weighted by molar-refractivity contribution is 5.17. The number of rotatable bonds is 6. The van der Waals surface area contributed by atoms with Crippen molar-refractivity contribution in [3.63, 3.8) is 0 Å². The van der Waals surface area contributed by atoms with Gasteiger partial charge in [-0.05, 0) is 56.7 Å². The van der Waals surface area contributed by atoms with Gasteiger partial charge in [0, 0.05) is 18.2 Å². The Bertz CT molecular complexity index is 414. The summed E-state index contributed by atoms with van der Waals surface area (Å²) in [5.74, 6) is 2.90. The van der Waals surface area contributed by atoms with Crippen molar-refractivity contribution in [1.29, 1.82) is 0 Å². The van der Waals surface area contributed by atoms with E-state index in [1.165, 1.54) is 44.3 Å². The van der Waals surface area contributed by atoms with Crippen LogP contribution in [0.15, 0.2) is 16.7 Å². The lowest BCUT2D eigenvalue weighted by Gasteiger charge is -2.33. The lowest BCUT2D eigenvalue weighted by atomic mass is 9.86. The predicted molar refractivity (Wildman–Crippen MR) is 81.4 cm³/mol. The summed E-state index contributed by atoms with van der Waals surface area (Å²) in [4.78, 5) is 2.59. The van der Waals surface area contributed by atoms with Gasteiger partial charge >= 0.3 is 0 Å². The van der Waals surface area contributed by atoms with Crippen LogP contribution >= 0.6 is 0 Å². The van der Waals surface area contributed by atoms with Crippen molar-refractivity contribution in [2.24, 2.45) is 11.8 Å². The average Bonchev–Trinajstić information content (AvgIpc) is 3.18. The maximum absolute atomic E-state index is 5.65. The number of nitrogens with one attached hydrogen (secondary N) is 1. The van der Waals surface area contributed by atoms with Gasteiger partial charge in [0.15, 0.2) is 0 Å². The van der Waals surface area contributed by atoms with E-state index in [2.05, 4.69) is 30.1 Å². The lowest BCUT2D eigenvalue weighted by Crippen LogP contribution is -2.35. The summed E-state index contributed by atoms with van der Waals surface area (Å²) in [6.07, 6.45) is 7.22. The summed E-state index contributed by atoms with van der Waals surface area (Å²) in [7, 11) is 0. The van der Waals surface area contributed by atoms with Crippen LogP contribution in [-0.4, -0.2) is 24.0 Å². The van der Waals surface area contributed by atoms with Gasteiger partial charge in [-0.3, -0.25) is 4.90 Å². The summed E-state index contributed by atoms with van der Waals surface area (Å²) in [5.41, 5.74) is 1.38. The Hall–Kier alpha value is -0.800. The van der Waals surface area contributed by atoms with E-state index in [1.807, 2.05) is 6.26 Å². The third-order valence-electron chi connectivity index (χ3n) is 4.94. The monoisotopic (exact) mass is 276 g/mol. The number of furan rings is 1. The maximum atomic E-state index is 5.65. The molecule has 1 aliphatic heterocycles. The molecule has 0 radical (unpaired) electrons. The molecule has 0 aromatic carbocycles. The molecule has 0 bridgehead atoms. The van der Waals surface area contributed by atoms with Gasteiger partial charge < -0.3 is 9.73 Å². The lowest BCUT2D eigenvalue weighted by molar-refractivity contribution is 0.151. The van der Waals surface area contributed by atoms with Gasteiger partial charge in [-0.1, -0.05) is 13.8 Å². The molecule has 112 valence electrons. The summed E-state index contributed by atoms with van der Waals surface area (Å²) in [6, 6.07) is 2.90. The Morgan fingerprint density at radius 3 is 2.65 bits per heavy atom. The van der Waals surface area contributed by atoms with Crippen molar-refractivity contribution in [2.45, 2.75) is 58.7 Å². The maximum Gasteiger partial charge on any atom is 0.122 e. The highest BCUT2D eigenvalue weighted by Gasteiger charge is 2.24. The van der Waals surface area contributed by atoms with E-state index in [1.54, 1.807) is 0 Å². The first-order valence-corrected chi connectivity index (χ1v) is 8.23. The predicted octanol–water partition coefficient (Wildman–Crippen LogP) is 3.40. The van der Waals surface area contributed by atoms with Gasteiger partial charge in [-0.25, -0.2) is 0 Å². The first-order valence-electron chi connectivity index (χ1n) is 8.23. The highest BCUT2D eigenvalue weighted by Crippen LogP contribution is 2.26. The molecule has 1 aromatic rings. The third kappa shape index (κ3) is 3.64. The van der Waals surface area contributed by atoms with Crippen molar-refractivity contribution in [2.75, 3.05) is 13.1 Å². The Morgan fingerprint density at radius 1 is 1.25 bits per heavy atom. The normalized spacial score (nSPS) is 21.8. The first-order chi connectivity index (χ1) is 9.72. The molecule has 2 aliphatic rings. The van der Waals surface area contributed by atoms with E-state index in [0.717, 1.165) is 36.7 Å². The Balaban J connectivity index is 1.49. The fourth-order valence-electron chi connectivity index (χ4n) is 3.21. The largest absolute Gasteiger partial charge is 0.468 e. The SMILES string of the molecule is CC(C)C1CCN(Cc2ccoc2CNC2CC2)CC1. The molecule has 3 heteroatoms. The molecule has 0 atom stereocenters. The fraction of sp³-hybridized carbons (Fsp3) is 0.765. The van der Waals surface area contributed by atoms with Crippen LogP contribution < -0.4 is 5.32 Å². The van der Waals surface area contributed by atoms with E-state index in [0.29, 0.717) is 0 Å². The molecular formula is C17H28N2O. The second kappa shape index (κ2) is 6.31. The van der Waals surface area contributed by atoms with Gasteiger partial charge in [0.1, 0.15) is 5.76 Å². The second-order valence-corrected chi connectivity index (χ2v) is 6.88. The van der Waals surface area contributed by atoms with Crippen LogP contribution in [0.3, 0.4) is 0 Å². The number of piperidine rings is 1. The minimum Gasteiger partial charge on any atom is -0.468 e. The summed E-state index contributed by atoms with van der Waals surface area (Å²) < 4.78 is 5.65. The molecule has 20 heavy (non-hydrogen) atoms. The topological polar surface area (TPSA) is 28.4 Å². The Labute approximate surface area is 122 Å². The average molecular weight is 276 g/mol. The van der Waals surface area contributed by atoms with Gasteiger partial charge in [0.25, 0.3) is 0 Å².